The molecule has 0 spiro atoms. The summed E-state index contributed by atoms with van der Waals surface area (Å²) in [5.41, 5.74) is 3.76. The van der Waals surface area contributed by atoms with Crippen molar-refractivity contribution in [3.05, 3.63) is 39.2 Å². The van der Waals surface area contributed by atoms with Gasteiger partial charge in [0, 0.05) is 10.9 Å². The summed E-state index contributed by atoms with van der Waals surface area (Å²) in [6.45, 7) is 4.82. The Kier molecular flexibility index (Phi) is 3.90. The summed E-state index contributed by atoms with van der Waals surface area (Å²) in [6.07, 6.45) is 0.726. The first-order valence-electron chi connectivity index (χ1n) is 6.43. The lowest BCUT2D eigenvalue weighted by molar-refractivity contribution is 0.418. The molecule has 0 saturated carbocycles. The number of rotatable bonds is 4. The van der Waals surface area contributed by atoms with Crippen LogP contribution in [0, 0.1) is 13.8 Å². The highest BCUT2D eigenvalue weighted by atomic mass is 16.5. The highest BCUT2D eigenvalue weighted by Crippen LogP contribution is 2.27. The average molecular weight is 260 g/mol. The van der Waals surface area contributed by atoms with Gasteiger partial charge < -0.3 is 15.0 Å². The molecule has 2 rings (SSSR count). The van der Waals surface area contributed by atoms with Crippen molar-refractivity contribution < 1.29 is 4.74 Å². The van der Waals surface area contributed by atoms with Crippen LogP contribution >= 0.6 is 0 Å². The quantitative estimate of drug-likeness (QED) is 0.883. The smallest absolute Gasteiger partial charge is 0.252 e. The fourth-order valence-corrected chi connectivity index (χ4v) is 2.41. The summed E-state index contributed by atoms with van der Waals surface area (Å²) < 4.78 is 5.36. The largest absolute Gasteiger partial charge is 0.495 e. The zero-order chi connectivity index (χ0) is 14.0. The summed E-state index contributed by atoms with van der Waals surface area (Å²) >= 11 is 0. The Hall–Kier alpha value is -1.81. The summed E-state index contributed by atoms with van der Waals surface area (Å²) in [6, 6.07) is 4.02. The fraction of sp³-hybridized carbons (Fsp3) is 0.400. The van der Waals surface area contributed by atoms with E-state index in [-0.39, 0.29) is 5.56 Å². The molecule has 0 amide bonds. The van der Waals surface area contributed by atoms with E-state index in [1.54, 1.807) is 7.11 Å². The zero-order valence-electron chi connectivity index (χ0n) is 11.9. The summed E-state index contributed by atoms with van der Waals surface area (Å²) in [5.74, 6) is 0.718. The standard InChI is InChI=1S/C15H20N2O2/c1-9-7-12-10(2)11(5-6-16-3)15(18)17-14(12)13(8-9)19-4/h7-8,16H,5-6H2,1-4H3,(H,17,18). The Morgan fingerprint density at radius 3 is 2.68 bits per heavy atom. The molecule has 0 bridgehead atoms. The maximum atomic E-state index is 12.2. The van der Waals surface area contributed by atoms with E-state index in [4.69, 9.17) is 4.74 Å². The van der Waals surface area contributed by atoms with Crippen LogP contribution in [0.1, 0.15) is 16.7 Å². The van der Waals surface area contributed by atoms with Gasteiger partial charge in [0.2, 0.25) is 0 Å². The van der Waals surface area contributed by atoms with Gasteiger partial charge in [0.25, 0.3) is 5.56 Å². The molecule has 2 aromatic rings. The van der Waals surface area contributed by atoms with Crippen LogP contribution in [-0.4, -0.2) is 25.7 Å². The van der Waals surface area contributed by atoms with Crippen LogP contribution in [0.2, 0.25) is 0 Å². The lowest BCUT2D eigenvalue weighted by atomic mass is 10.0. The van der Waals surface area contributed by atoms with E-state index in [0.717, 1.165) is 46.3 Å². The van der Waals surface area contributed by atoms with Crippen LogP contribution in [0.3, 0.4) is 0 Å². The van der Waals surface area contributed by atoms with Gasteiger partial charge in [-0.1, -0.05) is 0 Å². The zero-order valence-corrected chi connectivity index (χ0v) is 11.9. The van der Waals surface area contributed by atoms with E-state index >= 15 is 0 Å². The van der Waals surface area contributed by atoms with Gasteiger partial charge in [0.05, 0.1) is 12.6 Å². The average Bonchev–Trinajstić information content (AvgIpc) is 2.39. The molecule has 4 heteroatoms. The van der Waals surface area contributed by atoms with Gasteiger partial charge in [-0.25, -0.2) is 0 Å². The van der Waals surface area contributed by atoms with Crippen LogP contribution in [0.25, 0.3) is 10.9 Å². The molecular weight excluding hydrogens is 240 g/mol. The first kappa shape index (κ1) is 13.6. The molecule has 0 saturated heterocycles. The number of pyridine rings is 1. The van der Waals surface area contributed by atoms with Crippen molar-refractivity contribution in [2.75, 3.05) is 20.7 Å². The molecule has 4 nitrogen and oxygen atoms in total. The van der Waals surface area contributed by atoms with E-state index in [0.29, 0.717) is 0 Å². The molecule has 0 radical (unpaired) electrons. The normalized spacial score (nSPS) is 10.9. The van der Waals surface area contributed by atoms with E-state index in [1.807, 2.05) is 27.0 Å². The van der Waals surface area contributed by atoms with Gasteiger partial charge in [0.1, 0.15) is 5.75 Å². The molecule has 0 aliphatic heterocycles. The second-order valence-corrected chi connectivity index (χ2v) is 4.80. The predicted octanol–water partition coefficient (Wildman–Crippen LogP) is 1.92. The third-order valence-electron chi connectivity index (χ3n) is 3.46. The Morgan fingerprint density at radius 1 is 1.32 bits per heavy atom. The van der Waals surface area contributed by atoms with E-state index < -0.39 is 0 Å². The number of hydrogen-bond donors (Lipinski definition) is 2. The van der Waals surface area contributed by atoms with Gasteiger partial charge in [0.15, 0.2) is 0 Å². The topological polar surface area (TPSA) is 54.1 Å². The Bertz CT molecular complexity index is 659. The van der Waals surface area contributed by atoms with Crippen LogP contribution in [0.15, 0.2) is 16.9 Å². The van der Waals surface area contributed by atoms with Crippen molar-refractivity contribution in [1.29, 1.82) is 0 Å². The maximum absolute atomic E-state index is 12.2. The first-order chi connectivity index (χ1) is 9.08. The number of benzene rings is 1. The third kappa shape index (κ3) is 2.49. The van der Waals surface area contributed by atoms with Gasteiger partial charge in [-0.3, -0.25) is 4.79 Å². The number of likely N-dealkylation sites (N-methyl/N-ethyl adjacent to an activating group) is 1. The van der Waals surface area contributed by atoms with Gasteiger partial charge in [-0.2, -0.15) is 0 Å². The van der Waals surface area contributed by atoms with Gasteiger partial charge in [-0.15, -0.1) is 0 Å². The number of methoxy groups -OCH3 is 1. The van der Waals surface area contributed by atoms with E-state index in [2.05, 4.69) is 16.4 Å². The second-order valence-electron chi connectivity index (χ2n) is 4.80. The van der Waals surface area contributed by atoms with Crippen molar-refractivity contribution >= 4 is 10.9 Å². The number of H-pyrrole nitrogens is 1. The maximum Gasteiger partial charge on any atom is 0.252 e. The molecule has 102 valence electrons. The number of nitrogens with one attached hydrogen (secondary N) is 2. The van der Waals surface area contributed by atoms with Gasteiger partial charge in [-0.05, 0) is 57.1 Å². The van der Waals surface area contributed by atoms with Crippen molar-refractivity contribution in [1.82, 2.24) is 10.3 Å². The number of ether oxygens (including phenoxy) is 1. The number of fused-ring (bicyclic) bond motifs is 1. The van der Waals surface area contributed by atoms with E-state index in [9.17, 15) is 4.79 Å². The number of aromatic nitrogens is 1. The van der Waals surface area contributed by atoms with Gasteiger partial charge >= 0.3 is 0 Å². The van der Waals surface area contributed by atoms with Crippen molar-refractivity contribution in [3.63, 3.8) is 0 Å². The Balaban J connectivity index is 2.73. The molecule has 0 aliphatic rings. The minimum Gasteiger partial charge on any atom is -0.495 e. The molecule has 1 heterocycles. The van der Waals surface area contributed by atoms with Crippen LogP contribution in [0.5, 0.6) is 5.75 Å². The number of aryl methyl sites for hydroxylation is 2. The molecule has 0 fully saturated rings. The summed E-state index contributed by atoms with van der Waals surface area (Å²) in [7, 11) is 3.51. The molecule has 0 unspecified atom stereocenters. The van der Waals surface area contributed by atoms with Crippen LogP contribution < -0.4 is 15.6 Å². The SMILES string of the molecule is CNCCc1c(C)c2cc(C)cc(OC)c2[nH]c1=O. The van der Waals surface area contributed by atoms with E-state index in [1.165, 1.54) is 0 Å². The minimum atomic E-state index is -0.0256. The van der Waals surface area contributed by atoms with Crippen LogP contribution in [0.4, 0.5) is 0 Å². The monoisotopic (exact) mass is 260 g/mol. The molecule has 1 aromatic carbocycles. The fourth-order valence-electron chi connectivity index (χ4n) is 2.41. The van der Waals surface area contributed by atoms with Crippen molar-refractivity contribution in [3.8, 4) is 5.75 Å². The van der Waals surface area contributed by atoms with Crippen molar-refractivity contribution in [2.45, 2.75) is 20.3 Å². The minimum absolute atomic E-state index is 0.0256. The van der Waals surface area contributed by atoms with Crippen LogP contribution in [-0.2, 0) is 6.42 Å². The molecular formula is C15H20N2O2. The Labute approximate surface area is 112 Å². The number of aromatic amines is 1. The second kappa shape index (κ2) is 5.45. The Morgan fingerprint density at radius 2 is 2.05 bits per heavy atom. The van der Waals surface area contributed by atoms with Crippen molar-refractivity contribution in [2.24, 2.45) is 0 Å². The summed E-state index contributed by atoms with van der Waals surface area (Å²) in [5, 5.41) is 4.13. The third-order valence-corrected chi connectivity index (χ3v) is 3.46. The molecule has 1 aromatic heterocycles. The number of hydrogen-bond acceptors (Lipinski definition) is 3. The first-order valence-corrected chi connectivity index (χ1v) is 6.43. The molecule has 2 N–H and O–H groups in total. The highest BCUT2D eigenvalue weighted by molar-refractivity contribution is 5.88. The predicted molar refractivity (Wildman–Crippen MR) is 78.2 cm³/mol. The summed E-state index contributed by atoms with van der Waals surface area (Å²) in [4.78, 5) is 15.1. The highest BCUT2D eigenvalue weighted by Gasteiger charge is 2.12. The lowest BCUT2D eigenvalue weighted by Gasteiger charge is -2.12. The molecule has 0 atom stereocenters. The lowest BCUT2D eigenvalue weighted by Crippen LogP contribution is -2.20. The molecule has 0 aliphatic carbocycles. The molecule has 19 heavy (non-hydrogen) atoms.